The van der Waals surface area contributed by atoms with Gasteiger partial charge in [-0.25, -0.2) is 14.4 Å². The fraction of sp³-hybridized carbons (Fsp3) is 0.367. The molecule has 0 fully saturated rings. The Bertz CT molecular complexity index is 2320. The SMILES string of the molecule is COc1ccc(NC(=O)[C@H](CCCCNC(=O)OCc2ccccc2)NC(=O)c2cc(NC(=O)[C@H](CCCCNC(=O)OCc3ccccc3)NC(=O)OC(C)(C)C)ccc2OC)cc1C(N)=O. The molecule has 0 heterocycles. The van der Waals surface area contributed by atoms with Crippen LogP contribution < -0.4 is 47.1 Å². The number of nitrogens with two attached hydrogens (primary N) is 1. The molecule has 19 nitrogen and oxygen atoms in total. The van der Waals surface area contributed by atoms with Gasteiger partial charge in [0.2, 0.25) is 11.8 Å². The smallest absolute Gasteiger partial charge is 0.408 e. The minimum atomic E-state index is -1.16. The summed E-state index contributed by atoms with van der Waals surface area (Å²) in [6.07, 6.45) is -0.133. The molecule has 364 valence electrons. The normalized spacial score (nSPS) is 11.7. The fourth-order valence-corrected chi connectivity index (χ4v) is 6.50. The lowest BCUT2D eigenvalue weighted by molar-refractivity contribution is -0.119. The number of primary amides is 1. The molecule has 0 bridgehead atoms. The highest BCUT2D eigenvalue weighted by Crippen LogP contribution is 2.25. The van der Waals surface area contributed by atoms with E-state index in [0.717, 1.165) is 11.1 Å². The number of ether oxygens (including phenoxy) is 5. The third kappa shape index (κ3) is 18.6. The van der Waals surface area contributed by atoms with Crippen LogP contribution in [0.15, 0.2) is 97.1 Å². The van der Waals surface area contributed by atoms with Crippen molar-refractivity contribution in [2.24, 2.45) is 5.73 Å². The zero-order valence-electron chi connectivity index (χ0n) is 38.9. The average molecular weight is 940 g/mol. The number of carbonyl (C=O) groups is 7. The van der Waals surface area contributed by atoms with Crippen molar-refractivity contribution in [3.63, 3.8) is 0 Å². The number of hydrogen-bond donors (Lipinski definition) is 7. The summed E-state index contributed by atoms with van der Waals surface area (Å²) in [5, 5.41) is 16.2. The Morgan fingerprint density at radius 3 is 1.44 bits per heavy atom. The number of anilines is 2. The lowest BCUT2D eigenvalue weighted by atomic mass is 10.1. The second-order valence-corrected chi connectivity index (χ2v) is 16.4. The van der Waals surface area contributed by atoms with Gasteiger partial charge in [0.15, 0.2) is 0 Å². The van der Waals surface area contributed by atoms with Crippen molar-refractivity contribution in [2.75, 3.05) is 37.9 Å². The van der Waals surface area contributed by atoms with Crippen LogP contribution in [-0.2, 0) is 37.0 Å². The van der Waals surface area contributed by atoms with Crippen LogP contribution in [-0.4, -0.2) is 86.9 Å². The van der Waals surface area contributed by atoms with Crippen molar-refractivity contribution in [1.29, 1.82) is 0 Å². The third-order valence-electron chi connectivity index (χ3n) is 9.88. The van der Waals surface area contributed by atoms with Gasteiger partial charge >= 0.3 is 18.3 Å². The number of hydrogen-bond acceptors (Lipinski definition) is 12. The van der Waals surface area contributed by atoms with Crippen LogP contribution in [0.5, 0.6) is 11.5 Å². The van der Waals surface area contributed by atoms with Gasteiger partial charge in [-0.3, -0.25) is 19.2 Å². The van der Waals surface area contributed by atoms with Crippen LogP contribution in [0.25, 0.3) is 0 Å². The lowest BCUT2D eigenvalue weighted by Gasteiger charge is -2.23. The number of methoxy groups -OCH3 is 2. The largest absolute Gasteiger partial charge is 0.496 e. The molecule has 19 heteroatoms. The molecule has 0 radical (unpaired) electrons. The minimum absolute atomic E-state index is 0.0250. The summed E-state index contributed by atoms with van der Waals surface area (Å²) < 4.78 is 26.6. The number of unbranched alkanes of at least 4 members (excludes halogenated alkanes) is 2. The predicted molar refractivity (Wildman–Crippen MR) is 253 cm³/mol. The fourth-order valence-electron chi connectivity index (χ4n) is 6.50. The van der Waals surface area contributed by atoms with Crippen molar-refractivity contribution < 1.29 is 57.2 Å². The zero-order valence-corrected chi connectivity index (χ0v) is 38.9. The van der Waals surface area contributed by atoms with Gasteiger partial charge in [0.1, 0.15) is 42.4 Å². The van der Waals surface area contributed by atoms with E-state index in [2.05, 4.69) is 31.9 Å². The van der Waals surface area contributed by atoms with Gasteiger partial charge < -0.3 is 61.3 Å². The molecule has 4 aromatic carbocycles. The van der Waals surface area contributed by atoms with E-state index >= 15 is 0 Å². The van der Waals surface area contributed by atoms with Gasteiger partial charge in [-0.1, -0.05) is 60.7 Å². The van der Waals surface area contributed by atoms with E-state index in [1.165, 1.54) is 50.6 Å². The van der Waals surface area contributed by atoms with Crippen LogP contribution in [0.4, 0.5) is 25.8 Å². The van der Waals surface area contributed by atoms with E-state index in [0.29, 0.717) is 25.7 Å². The standard InChI is InChI=1S/C49H61N7O12/c1-49(2,3)68-48(63)56-39(21-13-15-27-52-47(62)67-31-33-18-10-7-11-19-33)45(60)54-35-23-25-41(65-5)37(29-35)43(58)55-38(44(59)53-34-22-24-40(64-4)36(28-34)42(50)57)20-12-14-26-51-46(61)66-30-32-16-8-6-9-17-32/h6-11,16-19,22-25,28-29,38-39H,12-15,20-21,26-27,30-31H2,1-5H3,(H2,50,57)(H,51,61)(H,52,62)(H,53,59)(H,54,60)(H,55,58)(H,56,63)/t38-,39-/m0/s1. The molecular formula is C49H61N7O12. The summed E-state index contributed by atoms with van der Waals surface area (Å²) in [5.74, 6) is -2.44. The highest BCUT2D eigenvalue weighted by atomic mass is 16.6. The molecule has 7 amide bonds. The van der Waals surface area contributed by atoms with Crippen LogP contribution in [0.3, 0.4) is 0 Å². The second kappa shape index (κ2) is 27.0. The van der Waals surface area contributed by atoms with E-state index in [9.17, 15) is 33.6 Å². The third-order valence-corrected chi connectivity index (χ3v) is 9.88. The first-order chi connectivity index (χ1) is 32.5. The molecule has 0 aliphatic rings. The first kappa shape index (κ1) is 52.8. The molecular weight excluding hydrogens is 879 g/mol. The first-order valence-electron chi connectivity index (χ1n) is 22.0. The van der Waals surface area contributed by atoms with Gasteiger partial charge in [-0.05, 0) is 107 Å². The average Bonchev–Trinajstić information content (AvgIpc) is 3.31. The molecule has 4 rings (SSSR count). The van der Waals surface area contributed by atoms with Crippen LogP contribution in [0.2, 0.25) is 0 Å². The number of rotatable bonds is 24. The molecule has 4 aromatic rings. The Kier molecular flexibility index (Phi) is 20.9. The van der Waals surface area contributed by atoms with Crippen molar-refractivity contribution in [1.82, 2.24) is 21.3 Å². The minimum Gasteiger partial charge on any atom is -0.496 e. The molecule has 0 aliphatic heterocycles. The maximum atomic E-state index is 14.1. The van der Waals surface area contributed by atoms with Crippen molar-refractivity contribution >= 4 is 53.3 Å². The van der Waals surface area contributed by atoms with E-state index < -0.39 is 59.6 Å². The summed E-state index contributed by atoms with van der Waals surface area (Å²) in [4.78, 5) is 91.2. The first-order valence-corrected chi connectivity index (χ1v) is 22.0. The summed E-state index contributed by atoms with van der Waals surface area (Å²) in [5.41, 5.74) is 6.72. The van der Waals surface area contributed by atoms with Crippen LogP contribution in [0.1, 0.15) is 91.1 Å². The molecule has 0 aliphatic carbocycles. The number of carbonyl (C=O) groups excluding carboxylic acids is 7. The summed E-state index contributed by atoms with van der Waals surface area (Å²) >= 11 is 0. The lowest BCUT2D eigenvalue weighted by Crippen LogP contribution is -2.46. The molecule has 0 unspecified atom stereocenters. The van der Waals surface area contributed by atoms with Crippen molar-refractivity contribution in [2.45, 2.75) is 90.2 Å². The molecule has 8 N–H and O–H groups in total. The Morgan fingerprint density at radius 2 is 1.00 bits per heavy atom. The van der Waals surface area contributed by atoms with Gasteiger partial charge in [0, 0.05) is 24.5 Å². The van der Waals surface area contributed by atoms with Crippen molar-refractivity contribution in [3.8, 4) is 11.5 Å². The summed E-state index contributed by atoms with van der Waals surface area (Å²) in [7, 11) is 2.72. The molecule has 0 saturated carbocycles. The number of nitrogens with one attached hydrogen (secondary N) is 6. The summed E-state index contributed by atoms with van der Waals surface area (Å²) in [6, 6.07) is 24.8. The van der Waals surface area contributed by atoms with E-state index in [1.807, 2.05) is 60.7 Å². The monoisotopic (exact) mass is 939 g/mol. The Morgan fingerprint density at radius 1 is 0.559 bits per heavy atom. The van der Waals surface area contributed by atoms with E-state index in [1.54, 1.807) is 20.8 Å². The molecule has 0 saturated heterocycles. The van der Waals surface area contributed by atoms with E-state index in [-0.39, 0.29) is 73.1 Å². The quantitative estimate of drug-likeness (QED) is 0.0291. The number of alkyl carbamates (subject to hydrolysis) is 3. The number of amides is 7. The highest BCUT2D eigenvalue weighted by Gasteiger charge is 2.27. The van der Waals surface area contributed by atoms with Gasteiger partial charge in [0.25, 0.3) is 11.8 Å². The summed E-state index contributed by atoms with van der Waals surface area (Å²) in [6.45, 7) is 5.73. The van der Waals surface area contributed by atoms with Gasteiger partial charge in [-0.2, -0.15) is 0 Å². The van der Waals surface area contributed by atoms with Crippen LogP contribution >= 0.6 is 0 Å². The van der Waals surface area contributed by atoms with E-state index in [4.69, 9.17) is 29.4 Å². The van der Waals surface area contributed by atoms with Gasteiger partial charge in [-0.15, -0.1) is 0 Å². The molecule has 2 atom stereocenters. The highest BCUT2D eigenvalue weighted by molar-refractivity contribution is 6.05. The molecule has 0 aromatic heterocycles. The molecule has 68 heavy (non-hydrogen) atoms. The maximum absolute atomic E-state index is 14.1. The molecule has 0 spiro atoms. The Hall–Kier alpha value is -7.83. The predicted octanol–water partition coefficient (Wildman–Crippen LogP) is 6.57. The van der Waals surface area contributed by atoms with Gasteiger partial charge in [0.05, 0.1) is 25.3 Å². The van der Waals surface area contributed by atoms with Crippen LogP contribution in [0, 0.1) is 0 Å². The Labute approximate surface area is 395 Å². The maximum Gasteiger partial charge on any atom is 0.408 e. The topological polar surface area (TPSA) is 264 Å². The second-order valence-electron chi connectivity index (χ2n) is 16.4. The number of benzene rings is 4. The zero-order chi connectivity index (χ0) is 49.5. The Balaban J connectivity index is 1.44. The van der Waals surface area contributed by atoms with Crippen molar-refractivity contribution in [3.05, 3.63) is 119 Å².